The molecular formula is C13H15O3S-. The Labute approximate surface area is 105 Å². The number of Topliss-reactive ketones (excluding diaryl/α,β-unsaturated/α-hetero) is 1. The first-order chi connectivity index (χ1) is 8.13. The molecule has 0 bridgehead atoms. The summed E-state index contributed by atoms with van der Waals surface area (Å²) in [4.78, 5) is 23.0. The Morgan fingerprint density at radius 3 is 2.35 bits per heavy atom. The quantitative estimate of drug-likeness (QED) is 0.548. The van der Waals surface area contributed by atoms with Crippen molar-refractivity contribution in [2.45, 2.75) is 31.1 Å². The molecule has 1 rings (SSSR count). The Balaban J connectivity index is 2.48. The highest BCUT2D eigenvalue weighted by Crippen LogP contribution is 2.18. The SMILES string of the molecule is CCSc1ccc(C(=O)CCCC(=O)[O-])cc1. The largest absolute Gasteiger partial charge is 0.550 e. The molecule has 1 aromatic rings. The standard InChI is InChI=1S/C13H16O3S/c1-2-17-11-8-6-10(7-9-11)12(14)4-3-5-13(15)16/h6-9H,2-5H2,1H3,(H,15,16)/p-1. The number of carbonyl (C=O) groups is 2. The molecule has 0 amide bonds. The van der Waals surface area contributed by atoms with Gasteiger partial charge in [0.2, 0.25) is 0 Å². The van der Waals surface area contributed by atoms with E-state index in [1.165, 1.54) is 0 Å². The Morgan fingerprint density at radius 2 is 1.82 bits per heavy atom. The molecule has 92 valence electrons. The van der Waals surface area contributed by atoms with Gasteiger partial charge in [0.1, 0.15) is 0 Å². The van der Waals surface area contributed by atoms with Gasteiger partial charge in [0.05, 0.1) is 0 Å². The van der Waals surface area contributed by atoms with Crippen LogP contribution in [0.15, 0.2) is 29.2 Å². The number of rotatable bonds is 7. The molecule has 1 aromatic carbocycles. The molecule has 0 fully saturated rings. The summed E-state index contributed by atoms with van der Waals surface area (Å²) in [6.45, 7) is 2.07. The molecular weight excluding hydrogens is 236 g/mol. The van der Waals surface area contributed by atoms with Crippen molar-refractivity contribution < 1.29 is 14.7 Å². The van der Waals surface area contributed by atoms with Crippen molar-refractivity contribution in [1.29, 1.82) is 0 Å². The van der Waals surface area contributed by atoms with Gasteiger partial charge in [0, 0.05) is 22.8 Å². The van der Waals surface area contributed by atoms with E-state index in [2.05, 4.69) is 6.92 Å². The molecule has 0 saturated carbocycles. The Hall–Kier alpha value is -1.29. The maximum absolute atomic E-state index is 11.7. The second-order valence-corrected chi connectivity index (χ2v) is 4.94. The molecule has 0 N–H and O–H groups in total. The molecule has 0 saturated heterocycles. The summed E-state index contributed by atoms with van der Waals surface area (Å²) in [5.41, 5.74) is 0.642. The normalized spacial score (nSPS) is 10.2. The second kappa shape index (κ2) is 7.12. The number of carboxylic acid groups (broad SMARTS) is 1. The van der Waals surface area contributed by atoms with Crippen LogP contribution in [0.1, 0.15) is 36.5 Å². The summed E-state index contributed by atoms with van der Waals surface area (Å²) in [6, 6.07) is 7.42. The zero-order valence-corrected chi connectivity index (χ0v) is 10.6. The molecule has 4 heteroatoms. The molecule has 0 aliphatic carbocycles. The minimum atomic E-state index is -1.10. The Bertz CT molecular complexity index is 384. The first-order valence-corrected chi connectivity index (χ1v) is 6.58. The highest BCUT2D eigenvalue weighted by atomic mass is 32.2. The fourth-order valence-corrected chi connectivity index (χ4v) is 2.10. The number of ketones is 1. The number of thioether (sulfide) groups is 1. The molecule has 0 aliphatic heterocycles. The van der Waals surface area contributed by atoms with Crippen molar-refractivity contribution in [1.82, 2.24) is 0 Å². The third kappa shape index (κ3) is 5.04. The Kier molecular flexibility index (Phi) is 5.77. The van der Waals surface area contributed by atoms with Crippen molar-refractivity contribution >= 4 is 23.5 Å². The van der Waals surface area contributed by atoms with Crippen molar-refractivity contribution in [3.63, 3.8) is 0 Å². The highest BCUT2D eigenvalue weighted by Gasteiger charge is 2.05. The lowest BCUT2D eigenvalue weighted by Crippen LogP contribution is -2.21. The average Bonchev–Trinajstić information content (AvgIpc) is 2.30. The summed E-state index contributed by atoms with van der Waals surface area (Å²) in [6.07, 6.45) is 0.538. The maximum atomic E-state index is 11.7. The molecule has 0 radical (unpaired) electrons. The summed E-state index contributed by atoms with van der Waals surface area (Å²) in [5, 5.41) is 10.2. The molecule has 0 aliphatic rings. The number of hydrogen-bond acceptors (Lipinski definition) is 4. The van der Waals surface area contributed by atoms with E-state index in [4.69, 9.17) is 0 Å². The van der Waals surface area contributed by atoms with E-state index in [1.54, 1.807) is 23.9 Å². The lowest BCUT2D eigenvalue weighted by molar-refractivity contribution is -0.305. The third-order valence-electron chi connectivity index (χ3n) is 2.27. The van der Waals surface area contributed by atoms with Crippen molar-refractivity contribution in [3.05, 3.63) is 29.8 Å². The van der Waals surface area contributed by atoms with Crippen LogP contribution in [-0.2, 0) is 4.79 Å². The van der Waals surface area contributed by atoms with Crippen LogP contribution in [0, 0.1) is 0 Å². The lowest BCUT2D eigenvalue weighted by atomic mass is 10.1. The van der Waals surface area contributed by atoms with Gasteiger partial charge in [-0.25, -0.2) is 0 Å². The van der Waals surface area contributed by atoms with Crippen molar-refractivity contribution in [2.24, 2.45) is 0 Å². The Morgan fingerprint density at radius 1 is 1.18 bits per heavy atom. The zero-order chi connectivity index (χ0) is 12.7. The first kappa shape index (κ1) is 13.8. The molecule has 3 nitrogen and oxygen atoms in total. The molecule has 0 heterocycles. The molecule has 0 aromatic heterocycles. The minimum absolute atomic E-state index is 0.0145. The number of benzene rings is 1. The summed E-state index contributed by atoms with van der Waals surface area (Å²) < 4.78 is 0. The predicted octanol–water partition coefficient (Wildman–Crippen LogP) is 1.90. The van der Waals surface area contributed by atoms with Crippen molar-refractivity contribution in [2.75, 3.05) is 5.75 Å². The third-order valence-corrected chi connectivity index (χ3v) is 3.17. The van der Waals surface area contributed by atoms with E-state index >= 15 is 0 Å². The van der Waals surface area contributed by atoms with Gasteiger partial charge >= 0.3 is 0 Å². The summed E-state index contributed by atoms with van der Waals surface area (Å²) in [5.74, 6) is -0.120. The van der Waals surface area contributed by atoms with E-state index in [9.17, 15) is 14.7 Å². The number of carbonyl (C=O) groups excluding carboxylic acids is 2. The van der Waals surface area contributed by atoms with Gasteiger partial charge in [0.25, 0.3) is 0 Å². The van der Waals surface area contributed by atoms with Crippen LogP contribution >= 0.6 is 11.8 Å². The van der Waals surface area contributed by atoms with E-state index < -0.39 is 5.97 Å². The molecule has 0 spiro atoms. The van der Waals surface area contributed by atoms with E-state index in [1.807, 2.05) is 12.1 Å². The van der Waals surface area contributed by atoms with Crippen LogP contribution in [0.4, 0.5) is 0 Å². The maximum Gasteiger partial charge on any atom is 0.162 e. The topological polar surface area (TPSA) is 57.2 Å². The number of aliphatic carboxylic acids is 1. The van der Waals surface area contributed by atoms with Gasteiger partial charge in [-0.2, -0.15) is 0 Å². The van der Waals surface area contributed by atoms with Gasteiger partial charge in [0.15, 0.2) is 5.78 Å². The molecule has 0 atom stereocenters. The van der Waals surface area contributed by atoms with Crippen LogP contribution in [0.3, 0.4) is 0 Å². The van der Waals surface area contributed by atoms with Gasteiger partial charge in [-0.1, -0.05) is 19.1 Å². The lowest BCUT2D eigenvalue weighted by Gasteiger charge is -2.03. The van der Waals surface area contributed by atoms with Crippen LogP contribution < -0.4 is 5.11 Å². The summed E-state index contributed by atoms with van der Waals surface area (Å²) in [7, 11) is 0. The number of hydrogen-bond donors (Lipinski definition) is 0. The van der Waals surface area contributed by atoms with Gasteiger partial charge in [-0.15, -0.1) is 11.8 Å². The van der Waals surface area contributed by atoms with Crippen LogP contribution in [-0.4, -0.2) is 17.5 Å². The predicted molar refractivity (Wildman–Crippen MR) is 66.0 cm³/mol. The van der Waals surface area contributed by atoms with Gasteiger partial charge in [-0.05, 0) is 30.7 Å². The highest BCUT2D eigenvalue weighted by molar-refractivity contribution is 7.99. The van der Waals surface area contributed by atoms with Crippen LogP contribution in [0.2, 0.25) is 0 Å². The smallest absolute Gasteiger partial charge is 0.162 e. The van der Waals surface area contributed by atoms with Gasteiger partial charge in [-0.3, -0.25) is 4.79 Å². The fourth-order valence-electron chi connectivity index (χ4n) is 1.44. The molecule has 0 unspecified atom stereocenters. The van der Waals surface area contributed by atoms with Crippen LogP contribution in [0.5, 0.6) is 0 Å². The van der Waals surface area contributed by atoms with Gasteiger partial charge < -0.3 is 9.90 Å². The average molecular weight is 251 g/mol. The summed E-state index contributed by atoms with van der Waals surface area (Å²) >= 11 is 1.72. The van der Waals surface area contributed by atoms with E-state index in [-0.39, 0.29) is 18.6 Å². The number of carboxylic acids is 1. The monoisotopic (exact) mass is 251 g/mol. The molecule has 17 heavy (non-hydrogen) atoms. The van der Waals surface area contributed by atoms with Crippen molar-refractivity contribution in [3.8, 4) is 0 Å². The van der Waals surface area contributed by atoms with Crippen LogP contribution in [0.25, 0.3) is 0 Å². The first-order valence-electron chi connectivity index (χ1n) is 5.59. The fraction of sp³-hybridized carbons (Fsp3) is 0.385. The zero-order valence-electron chi connectivity index (χ0n) is 9.77. The van der Waals surface area contributed by atoms with E-state index in [0.717, 1.165) is 10.6 Å². The minimum Gasteiger partial charge on any atom is -0.550 e. The van der Waals surface area contributed by atoms with E-state index in [0.29, 0.717) is 12.0 Å². The second-order valence-electron chi connectivity index (χ2n) is 3.61.